The molecule has 0 radical (unpaired) electrons. The molecule has 37 heavy (non-hydrogen) atoms. The Hall–Kier alpha value is -3.94. The van der Waals surface area contributed by atoms with E-state index in [1.165, 1.54) is 18.2 Å². The molecule has 1 atom stereocenters. The van der Waals surface area contributed by atoms with Crippen molar-refractivity contribution in [2.24, 2.45) is 0 Å². The second kappa shape index (κ2) is 8.87. The molecule has 1 fully saturated rings. The van der Waals surface area contributed by atoms with Gasteiger partial charge < -0.3 is 14.7 Å². The maximum Gasteiger partial charge on any atom is 0.354 e. The number of fused-ring (bicyclic) bond motifs is 2. The molecule has 0 saturated carbocycles. The molecule has 1 N–H and O–H groups in total. The Morgan fingerprint density at radius 3 is 2.81 bits per heavy atom. The lowest BCUT2D eigenvalue weighted by atomic mass is 9.99. The number of phenols is 1. The van der Waals surface area contributed by atoms with Gasteiger partial charge in [-0.15, -0.1) is 0 Å². The van der Waals surface area contributed by atoms with Crippen molar-refractivity contribution in [1.29, 1.82) is 0 Å². The summed E-state index contributed by atoms with van der Waals surface area (Å²) in [5.74, 6) is 0.439. The van der Waals surface area contributed by atoms with Crippen LogP contribution in [0.3, 0.4) is 0 Å². The minimum absolute atomic E-state index is 0.0493. The van der Waals surface area contributed by atoms with Crippen LogP contribution in [0.15, 0.2) is 47.4 Å². The van der Waals surface area contributed by atoms with E-state index in [4.69, 9.17) is 4.74 Å². The van der Waals surface area contributed by atoms with E-state index in [1.807, 2.05) is 26.8 Å². The van der Waals surface area contributed by atoms with Gasteiger partial charge in [0.15, 0.2) is 0 Å². The first-order chi connectivity index (χ1) is 17.8. The average molecular weight is 501 g/mol. The molecule has 8 heteroatoms. The standard InChI is InChI=1S/C29H29FN4O3/c1-16(2)26-27(17(3)10-11-31-26)34-21-13-18(24-20(30)8-6-9-22(24)35)14-23-25(21)28(32-29(34)36)33-12-5-4-7-19(33)15-37-23/h6,8-11,13-14,16,19,35H,4-5,7,12,15H2,1-3H3/t19-/m1/s1. The van der Waals surface area contributed by atoms with Gasteiger partial charge in [-0.1, -0.05) is 19.9 Å². The van der Waals surface area contributed by atoms with Crippen molar-refractivity contribution in [3.05, 3.63) is 70.2 Å². The third-order valence-electron chi connectivity index (χ3n) is 7.47. The predicted octanol–water partition coefficient (Wildman–Crippen LogP) is 5.48. The highest BCUT2D eigenvalue weighted by atomic mass is 19.1. The fourth-order valence-electron chi connectivity index (χ4n) is 5.71. The van der Waals surface area contributed by atoms with Crippen LogP contribution in [0.2, 0.25) is 0 Å². The molecule has 0 amide bonds. The van der Waals surface area contributed by atoms with Crippen molar-refractivity contribution in [3.8, 4) is 28.3 Å². The molecule has 190 valence electrons. The van der Waals surface area contributed by atoms with Crippen LogP contribution in [0, 0.1) is 12.7 Å². The number of aryl methyl sites for hydroxylation is 1. The monoisotopic (exact) mass is 500 g/mol. The van der Waals surface area contributed by atoms with Gasteiger partial charge in [0.05, 0.1) is 33.9 Å². The number of hydrogen-bond acceptors (Lipinski definition) is 6. The first-order valence-electron chi connectivity index (χ1n) is 12.8. The van der Waals surface area contributed by atoms with E-state index in [1.54, 1.807) is 22.9 Å². The second-order valence-corrected chi connectivity index (χ2v) is 10.2. The Morgan fingerprint density at radius 2 is 2.03 bits per heavy atom. The van der Waals surface area contributed by atoms with Crippen molar-refractivity contribution >= 4 is 16.7 Å². The molecule has 6 rings (SSSR count). The van der Waals surface area contributed by atoms with E-state index in [0.717, 1.165) is 37.1 Å². The van der Waals surface area contributed by atoms with Gasteiger partial charge in [0.2, 0.25) is 0 Å². The number of hydrogen-bond donors (Lipinski definition) is 1. The number of anilines is 1. The van der Waals surface area contributed by atoms with Gasteiger partial charge in [-0.25, -0.2) is 9.18 Å². The van der Waals surface area contributed by atoms with Crippen molar-refractivity contribution < 1.29 is 14.2 Å². The number of benzene rings is 2. The molecule has 0 unspecified atom stereocenters. The highest BCUT2D eigenvalue weighted by Gasteiger charge is 2.32. The number of rotatable bonds is 3. The van der Waals surface area contributed by atoms with Crippen LogP contribution >= 0.6 is 0 Å². The summed E-state index contributed by atoms with van der Waals surface area (Å²) in [7, 11) is 0. The van der Waals surface area contributed by atoms with Crippen LogP contribution in [-0.4, -0.2) is 38.8 Å². The Balaban J connectivity index is 1.76. The zero-order valence-electron chi connectivity index (χ0n) is 21.2. The molecule has 0 spiro atoms. The topological polar surface area (TPSA) is 80.5 Å². The summed E-state index contributed by atoms with van der Waals surface area (Å²) in [4.78, 5) is 25.3. The van der Waals surface area contributed by atoms with Crippen LogP contribution in [0.25, 0.3) is 27.7 Å². The first-order valence-corrected chi connectivity index (χ1v) is 12.8. The lowest BCUT2D eigenvalue weighted by molar-refractivity contribution is 0.267. The van der Waals surface area contributed by atoms with E-state index >= 15 is 4.39 Å². The molecule has 4 aromatic rings. The van der Waals surface area contributed by atoms with Crippen LogP contribution in [0.1, 0.15) is 50.3 Å². The quantitative estimate of drug-likeness (QED) is 0.402. The maximum atomic E-state index is 15.0. The molecular weight excluding hydrogens is 471 g/mol. The molecular formula is C29H29FN4O3. The van der Waals surface area contributed by atoms with Gasteiger partial charge in [0, 0.05) is 12.7 Å². The van der Waals surface area contributed by atoms with Gasteiger partial charge in [-0.2, -0.15) is 4.98 Å². The largest absolute Gasteiger partial charge is 0.507 e. The van der Waals surface area contributed by atoms with E-state index in [-0.39, 0.29) is 23.3 Å². The van der Waals surface area contributed by atoms with Crippen molar-refractivity contribution in [2.75, 3.05) is 18.1 Å². The molecule has 2 aliphatic heterocycles. The number of ether oxygens (including phenoxy) is 1. The Bertz CT molecular complexity index is 1580. The zero-order chi connectivity index (χ0) is 25.8. The molecule has 1 saturated heterocycles. The smallest absolute Gasteiger partial charge is 0.354 e. The molecule has 4 heterocycles. The number of aromatic hydroxyl groups is 1. The summed E-state index contributed by atoms with van der Waals surface area (Å²) in [6.07, 6.45) is 4.79. The molecule has 7 nitrogen and oxygen atoms in total. The Kier molecular flexibility index (Phi) is 5.62. The molecule has 0 bridgehead atoms. The number of pyridine rings is 1. The normalized spacial score (nSPS) is 17.0. The number of aromatic nitrogens is 3. The minimum Gasteiger partial charge on any atom is -0.507 e. The summed E-state index contributed by atoms with van der Waals surface area (Å²) in [6.45, 7) is 7.24. The van der Waals surface area contributed by atoms with Gasteiger partial charge in [-0.05, 0) is 73.6 Å². The number of nitrogens with zero attached hydrogens (tertiary/aromatic N) is 4. The van der Waals surface area contributed by atoms with Gasteiger partial charge in [0.1, 0.15) is 29.7 Å². The fourth-order valence-corrected chi connectivity index (χ4v) is 5.71. The third kappa shape index (κ3) is 3.74. The first kappa shape index (κ1) is 23.5. The van der Waals surface area contributed by atoms with Crippen molar-refractivity contribution in [3.63, 3.8) is 0 Å². The molecule has 2 aliphatic rings. The third-order valence-corrected chi connectivity index (χ3v) is 7.47. The molecule has 2 aromatic carbocycles. The van der Waals surface area contributed by atoms with Gasteiger partial charge in [-0.3, -0.25) is 9.55 Å². The van der Waals surface area contributed by atoms with Crippen LogP contribution in [-0.2, 0) is 0 Å². The predicted molar refractivity (Wildman–Crippen MR) is 141 cm³/mol. The Labute approximate surface area is 214 Å². The lowest BCUT2D eigenvalue weighted by Gasteiger charge is -2.35. The van der Waals surface area contributed by atoms with E-state index in [2.05, 4.69) is 14.9 Å². The van der Waals surface area contributed by atoms with Crippen LogP contribution < -0.4 is 15.3 Å². The van der Waals surface area contributed by atoms with E-state index in [9.17, 15) is 9.90 Å². The molecule has 0 aliphatic carbocycles. The highest BCUT2D eigenvalue weighted by Crippen LogP contribution is 2.43. The fraction of sp³-hybridized carbons (Fsp3) is 0.345. The SMILES string of the molecule is Cc1ccnc(C(C)C)c1-n1c(=O)nc2c3c(cc(-c4c(O)cccc4F)cc31)OC[C@H]1CCCCN21. The number of phenolic OH excluding ortho intramolecular Hbond substituents is 1. The Morgan fingerprint density at radius 1 is 1.19 bits per heavy atom. The summed E-state index contributed by atoms with van der Waals surface area (Å²) >= 11 is 0. The number of halogens is 1. The summed E-state index contributed by atoms with van der Waals surface area (Å²) < 4.78 is 23.0. The van der Waals surface area contributed by atoms with E-state index in [0.29, 0.717) is 40.3 Å². The maximum absolute atomic E-state index is 15.0. The summed E-state index contributed by atoms with van der Waals surface area (Å²) in [5.41, 5.74) is 2.93. The summed E-state index contributed by atoms with van der Waals surface area (Å²) in [5, 5.41) is 11.3. The minimum atomic E-state index is -0.554. The van der Waals surface area contributed by atoms with Crippen LogP contribution in [0.5, 0.6) is 11.5 Å². The van der Waals surface area contributed by atoms with E-state index < -0.39 is 11.5 Å². The number of piperidine rings is 1. The van der Waals surface area contributed by atoms with Crippen molar-refractivity contribution in [2.45, 2.75) is 52.0 Å². The lowest BCUT2D eigenvalue weighted by Crippen LogP contribution is -2.43. The summed E-state index contributed by atoms with van der Waals surface area (Å²) in [6, 6.07) is 9.70. The zero-order valence-corrected chi connectivity index (χ0v) is 21.2. The van der Waals surface area contributed by atoms with Gasteiger partial charge in [0.25, 0.3) is 0 Å². The average Bonchev–Trinajstić information content (AvgIpc) is 3.02. The van der Waals surface area contributed by atoms with Gasteiger partial charge >= 0.3 is 5.69 Å². The molecule has 2 aromatic heterocycles. The highest BCUT2D eigenvalue weighted by molar-refractivity contribution is 6.00. The van der Waals surface area contributed by atoms with Crippen molar-refractivity contribution in [1.82, 2.24) is 14.5 Å². The second-order valence-electron chi connectivity index (χ2n) is 10.2. The van der Waals surface area contributed by atoms with Crippen LogP contribution in [0.4, 0.5) is 10.2 Å².